The van der Waals surface area contributed by atoms with Crippen molar-refractivity contribution in [1.82, 2.24) is 0 Å². The summed E-state index contributed by atoms with van der Waals surface area (Å²) in [5.74, 6) is -4.65. The summed E-state index contributed by atoms with van der Waals surface area (Å²) in [5, 5.41) is 3.13. The maximum absolute atomic E-state index is 13.9. The van der Waals surface area contributed by atoms with Crippen LogP contribution in [0.4, 0.5) is 18.9 Å². The molecule has 0 atom stereocenters. The van der Waals surface area contributed by atoms with E-state index in [1.54, 1.807) is 48.5 Å². The number of amides is 1. The summed E-state index contributed by atoms with van der Waals surface area (Å²) >= 11 is 6.07. The number of carbonyl (C=O) groups excluding carboxylic acids is 1. The summed E-state index contributed by atoms with van der Waals surface area (Å²) in [6.45, 7) is 0. The van der Waals surface area contributed by atoms with Gasteiger partial charge in [-0.05, 0) is 41.5 Å². The molecule has 6 heteroatoms. The van der Waals surface area contributed by atoms with Crippen molar-refractivity contribution in [2.45, 2.75) is 0 Å². The first kappa shape index (κ1) is 17.4. The van der Waals surface area contributed by atoms with E-state index in [4.69, 9.17) is 11.6 Å². The highest BCUT2D eigenvalue weighted by atomic mass is 35.5. The molecule has 2 nitrogen and oxygen atoms in total. The van der Waals surface area contributed by atoms with Gasteiger partial charge in [-0.2, -0.15) is 0 Å². The second kappa shape index (κ2) is 6.59. The van der Waals surface area contributed by atoms with E-state index in [1.165, 1.54) is 0 Å². The molecule has 1 aliphatic heterocycles. The topological polar surface area (TPSA) is 29.1 Å². The fraction of sp³-hybridized carbons (Fsp3) is 0. The molecule has 0 aromatic heterocycles. The number of carbonyl (C=O) groups is 1. The largest absolute Gasteiger partial charge is 0.321 e. The molecule has 134 valence electrons. The lowest BCUT2D eigenvalue weighted by molar-refractivity contribution is -0.110. The van der Waals surface area contributed by atoms with Crippen LogP contribution in [0, 0.1) is 17.5 Å². The molecule has 27 heavy (non-hydrogen) atoms. The molecule has 3 aromatic rings. The molecule has 1 aliphatic rings. The van der Waals surface area contributed by atoms with E-state index in [9.17, 15) is 18.0 Å². The standard InChI is InChI=1S/C21H11ClF3NO/c22-13-6-7-17-14(10-13)19(21(27)26-17)18(11-4-2-1-3-5-11)12-8-15(23)20(25)16(24)9-12/h1-10H,(H,26,27)/b19-18+. The Kier molecular flexibility index (Phi) is 4.24. The van der Waals surface area contributed by atoms with Gasteiger partial charge in [0.25, 0.3) is 5.91 Å². The van der Waals surface area contributed by atoms with Crippen molar-refractivity contribution in [2.75, 3.05) is 5.32 Å². The first-order valence-electron chi connectivity index (χ1n) is 8.01. The summed E-state index contributed by atoms with van der Waals surface area (Å²) in [4.78, 5) is 12.7. The molecular weight excluding hydrogens is 375 g/mol. The van der Waals surface area contributed by atoms with E-state index in [0.29, 0.717) is 21.8 Å². The summed E-state index contributed by atoms with van der Waals surface area (Å²) in [5.41, 5.74) is 2.15. The van der Waals surface area contributed by atoms with Crippen LogP contribution in [0.15, 0.2) is 60.7 Å². The first-order valence-corrected chi connectivity index (χ1v) is 8.39. The highest BCUT2D eigenvalue weighted by Gasteiger charge is 2.29. The van der Waals surface area contributed by atoms with Crippen molar-refractivity contribution in [2.24, 2.45) is 0 Å². The second-order valence-corrected chi connectivity index (χ2v) is 6.45. The molecule has 1 N–H and O–H groups in total. The van der Waals surface area contributed by atoms with Gasteiger partial charge in [0.05, 0.1) is 5.57 Å². The zero-order chi connectivity index (χ0) is 19.1. The third-order valence-corrected chi connectivity index (χ3v) is 4.55. The Balaban J connectivity index is 2.08. The lowest BCUT2D eigenvalue weighted by atomic mass is 9.90. The summed E-state index contributed by atoms with van der Waals surface area (Å²) < 4.78 is 41.3. The molecule has 0 aliphatic carbocycles. The zero-order valence-electron chi connectivity index (χ0n) is 13.7. The van der Waals surface area contributed by atoms with E-state index in [2.05, 4.69) is 5.32 Å². The Morgan fingerprint density at radius 3 is 2.19 bits per heavy atom. The Hall–Kier alpha value is -3.05. The van der Waals surface area contributed by atoms with Crippen LogP contribution in [0.25, 0.3) is 11.1 Å². The van der Waals surface area contributed by atoms with Gasteiger partial charge in [0, 0.05) is 21.8 Å². The van der Waals surface area contributed by atoms with Crippen molar-refractivity contribution in [3.63, 3.8) is 0 Å². The van der Waals surface area contributed by atoms with Gasteiger partial charge in [0.1, 0.15) is 0 Å². The lowest BCUT2D eigenvalue weighted by Gasteiger charge is -2.13. The van der Waals surface area contributed by atoms with Crippen molar-refractivity contribution in [3.05, 3.63) is 99.8 Å². The van der Waals surface area contributed by atoms with Crippen molar-refractivity contribution >= 4 is 34.3 Å². The molecule has 3 aromatic carbocycles. The number of hydrogen-bond acceptors (Lipinski definition) is 1. The Morgan fingerprint density at radius 2 is 1.52 bits per heavy atom. The molecule has 1 amide bonds. The Labute approximate surface area is 157 Å². The molecule has 4 rings (SSSR count). The van der Waals surface area contributed by atoms with Gasteiger partial charge in [-0.15, -0.1) is 0 Å². The van der Waals surface area contributed by atoms with Gasteiger partial charge in [0.15, 0.2) is 17.5 Å². The number of benzene rings is 3. The van der Waals surface area contributed by atoms with Crippen LogP contribution in [-0.4, -0.2) is 5.91 Å². The minimum Gasteiger partial charge on any atom is -0.321 e. The molecule has 0 spiro atoms. The van der Waals surface area contributed by atoms with E-state index in [0.717, 1.165) is 12.1 Å². The molecular formula is C21H11ClF3NO. The highest BCUT2D eigenvalue weighted by molar-refractivity contribution is 6.39. The number of nitrogens with one attached hydrogen (secondary N) is 1. The Bertz CT molecular complexity index is 1090. The number of fused-ring (bicyclic) bond motifs is 1. The van der Waals surface area contributed by atoms with Crippen LogP contribution >= 0.6 is 11.6 Å². The van der Waals surface area contributed by atoms with Crippen LogP contribution in [-0.2, 0) is 4.79 Å². The highest BCUT2D eigenvalue weighted by Crippen LogP contribution is 2.41. The van der Waals surface area contributed by atoms with Gasteiger partial charge in [-0.1, -0.05) is 41.9 Å². The zero-order valence-corrected chi connectivity index (χ0v) is 14.4. The van der Waals surface area contributed by atoms with Gasteiger partial charge >= 0.3 is 0 Å². The van der Waals surface area contributed by atoms with E-state index < -0.39 is 23.4 Å². The van der Waals surface area contributed by atoms with Crippen LogP contribution in [0.5, 0.6) is 0 Å². The van der Waals surface area contributed by atoms with Gasteiger partial charge in [-0.25, -0.2) is 13.2 Å². The second-order valence-electron chi connectivity index (χ2n) is 6.01. The number of anilines is 1. The predicted molar refractivity (Wildman–Crippen MR) is 98.8 cm³/mol. The van der Waals surface area contributed by atoms with Crippen molar-refractivity contribution in [3.8, 4) is 0 Å². The van der Waals surface area contributed by atoms with Crippen molar-refractivity contribution < 1.29 is 18.0 Å². The molecule has 0 unspecified atom stereocenters. The fourth-order valence-electron chi connectivity index (χ4n) is 3.15. The number of halogens is 4. The van der Waals surface area contributed by atoms with Crippen molar-refractivity contribution in [1.29, 1.82) is 0 Å². The predicted octanol–water partition coefficient (Wildman–Crippen LogP) is 5.67. The fourth-order valence-corrected chi connectivity index (χ4v) is 3.32. The normalized spacial score (nSPS) is 14.7. The third-order valence-electron chi connectivity index (χ3n) is 4.31. The minimum atomic E-state index is -1.56. The van der Waals surface area contributed by atoms with E-state index in [-0.39, 0.29) is 16.7 Å². The van der Waals surface area contributed by atoms with Gasteiger partial charge in [-0.3, -0.25) is 4.79 Å². The maximum atomic E-state index is 13.9. The van der Waals surface area contributed by atoms with Crippen LogP contribution in [0.2, 0.25) is 5.02 Å². The maximum Gasteiger partial charge on any atom is 0.257 e. The first-order chi connectivity index (χ1) is 13.0. The SMILES string of the molecule is O=C1Nc2ccc(Cl)cc2/C1=C(/c1ccccc1)c1cc(F)c(F)c(F)c1. The third kappa shape index (κ3) is 3.00. The quantitative estimate of drug-likeness (QED) is 0.447. The molecule has 0 bridgehead atoms. The Morgan fingerprint density at radius 1 is 0.852 bits per heavy atom. The molecule has 1 heterocycles. The van der Waals surface area contributed by atoms with Crippen LogP contribution < -0.4 is 5.32 Å². The van der Waals surface area contributed by atoms with Gasteiger partial charge in [0.2, 0.25) is 0 Å². The summed E-state index contributed by atoms with van der Waals surface area (Å²) in [6.07, 6.45) is 0. The summed E-state index contributed by atoms with van der Waals surface area (Å²) in [7, 11) is 0. The minimum absolute atomic E-state index is 0.0515. The van der Waals surface area contributed by atoms with E-state index >= 15 is 0 Å². The molecule has 0 fully saturated rings. The molecule has 0 radical (unpaired) electrons. The van der Waals surface area contributed by atoms with E-state index in [1.807, 2.05) is 0 Å². The molecule has 0 saturated heterocycles. The smallest absolute Gasteiger partial charge is 0.257 e. The molecule has 0 saturated carbocycles. The van der Waals surface area contributed by atoms with Gasteiger partial charge < -0.3 is 5.32 Å². The number of hydrogen-bond donors (Lipinski definition) is 1. The number of rotatable bonds is 2. The summed E-state index contributed by atoms with van der Waals surface area (Å²) in [6, 6.07) is 15.3. The average molecular weight is 386 g/mol. The van der Waals surface area contributed by atoms with Crippen LogP contribution in [0.3, 0.4) is 0 Å². The average Bonchev–Trinajstić information content (AvgIpc) is 2.96. The lowest BCUT2D eigenvalue weighted by Crippen LogP contribution is -2.07. The van der Waals surface area contributed by atoms with Crippen LogP contribution in [0.1, 0.15) is 16.7 Å². The monoisotopic (exact) mass is 385 g/mol.